The smallest absolute Gasteiger partial charge is 0.271 e. The molecule has 0 aliphatic carbocycles. The average Bonchev–Trinajstić information content (AvgIpc) is 2.61. The number of hydrogen-bond donors (Lipinski definition) is 2. The van der Waals surface area contributed by atoms with Gasteiger partial charge >= 0.3 is 0 Å². The van der Waals surface area contributed by atoms with E-state index in [1.807, 2.05) is 4.90 Å². The quantitative estimate of drug-likeness (QED) is 0.311. The van der Waals surface area contributed by atoms with Crippen molar-refractivity contribution in [3.05, 3.63) is 71.8 Å². The van der Waals surface area contributed by atoms with E-state index in [1.165, 1.54) is 6.07 Å². The lowest BCUT2D eigenvalue weighted by atomic mass is 10.2. The number of nitro benzene ring substituents is 1. The minimum Gasteiger partial charge on any atom is -0.506 e. The predicted molar refractivity (Wildman–Crippen MR) is 99.7 cm³/mol. The summed E-state index contributed by atoms with van der Waals surface area (Å²) in [7, 11) is 0. The van der Waals surface area contributed by atoms with Gasteiger partial charge in [0.25, 0.3) is 5.69 Å². The van der Waals surface area contributed by atoms with E-state index >= 15 is 0 Å². The van der Waals surface area contributed by atoms with Gasteiger partial charge in [-0.2, -0.15) is 0 Å². The molecule has 0 spiro atoms. The van der Waals surface area contributed by atoms with Gasteiger partial charge < -0.3 is 15.1 Å². The third-order valence-corrected chi connectivity index (χ3v) is 3.46. The number of benzene rings is 2. The van der Waals surface area contributed by atoms with Gasteiger partial charge in [-0.05, 0) is 18.2 Å². The zero-order valence-electron chi connectivity index (χ0n) is 13.9. The van der Waals surface area contributed by atoms with Crippen LogP contribution < -0.4 is 4.90 Å². The molecule has 0 atom stereocenters. The van der Waals surface area contributed by atoms with Gasteiger partial charge in [0.2, 0.25) is 0 Å². The van der Waals surface area contributed by atoms with Crippen LogP contribution in [0.2, 0.25) is 0 Å². The first-order valence-electron chi connectivity index (χ1n) is 7.65. The van der Waals surface area contributed by atoms with Crippen LogP contribution in [0.1, 0.15) is 0 Å². The van der Waals surface area contributed by atoms with Crippen molar-refractivity contribution in [2.75, 3.05) is 18.0 Å². The second kappa shape index (κ2) is 8.43. The summed E-state index contributed by atoms with van der Waals surface area (Å²) in [5.41, 5.74) is 0.625. The van der Waals surface area contributed by atoms with Crippen molar-refractivity contribution in [2.45, 2.75) is 0 Å². The van der Waals surface area contributed by atoms with Crippen molar-refractivity contribution in [1.29, 1.82) is 0 Å². The fourth-order valence-electron chi connectivity index (χ4n) is 2.20. The van der Waals surface area contributed by atoms with Crippen molar-refractivity contribution in [1.82, 2.24) is 0 Å². The topological polar surface area (TPSA) is 112 Å². The van der Waals surface area contributed by atoms with E-state index in [0.29, 0.717) is 13.1 Å². The first-order chi connectivity index (χ1) is 12.5. The van der Waals surface area contributed by atoms with E-state index in [0.717, 1.165) is 23.9 Å². The highest BCUT2D eigenvalue weighted by molar-refractivity contribution is 5.62. The molecule has 0 radical (unpaired) electrons. The zero-order chi connectivity index (χ0) is 19.1. The SMILES string of the molecule is C=CCN(CC=C)c1ccc(N=Nc2cc([N+](=O)[O-])ccc2O)c(O)c1. The largest absolute Gasteiger partial charge is 0.506 e. The van der Waals surface area contributed by atoms with Crippen LogP contribution in [0, 0.1) is 10.1 Å². The Bertz CT molecular complexity index is 854. The number of nitrogens with zero attached hydrogens (tertiary/aromatic N) is 4. The molecule has 0 fully saturated rings. The molecule has 2 aromatic carbocycles. The number of phenols is 2. The summed E-state index contributed by atoms with van der Waals surface area (Å²) in [6, 6.07) is 8.25. The van der Waals surface area contributed by atoms with Crippen LogP contribution in [0.15, 0.2) is 71.9 Å². The standard InChI is InChI=1S/C18H18N4O4/c1-3-9-21(10-4-2)13-5-7-15(18(24)12-13)19-20-16-11-14(22(25)26)6-8-17(16)23/h3-8,11-12,23-24H,1-2,9-10H2. The maximum Gasteiger partial charge on any atom is 0.271 e. The Labute approximate surface area is 150 Å². The van der Waals surface area contributed by atoms with Crippen molar-refractivity contribution in [2.24, 2.45) is 10.2 Å². The van der Waals surface area contributed by atoms with Crippen LogP contribution in [0.3, 0.4) is 0 Å². The van der Waals surface area contributed by atoms with Crippen molar-refractivity contribution in [3.8, 4) is 11.5 Å². The molecule has 0 aromatic heterocycles. The van der Waals surface area contributed by atoms with E-state index in [2.05, 4.69) is 23.4 Å². The van der Waals surface area contributed by atoms with E-state index in [9.17, 15) is 20.3 Å². The normalized spacial score (nSPS) is 10.6. The molecule has 0 unspecified atom stereocenters. The molecule has 2 N–H and O–H groups in total. The fourth-order valence-corrected chi connectivity index (χ4v) is 2.20. The highest BCUT2D eigenvalue weighted by atomic mass is 16.6. The van der Waals surface area contributed by atoms with Crippen LogP contribution in [-0.4, -0.2) is 28.2 Å². The highest BCUT2D eigenvalue weighted by Crippen LogP contribution is 2.35. The second-order valence-corrected chi connectivity index (χ2v) is 5.29. The number of non-ortho nitro benzene ring substituents is 1. The van der Waals surface area contributed by atoms with Crippen molar-refractivity contribution < 1.29 is 15.1 Å². The second-order valence-electron chi connectivity index (χ2n) is 5.29. The summed E-state index contributed by atoms with van der Waals surface area (Å²) in [5, 5.41) is 38.3. The monoisotopic (exact) mass is 354 g/mol. The van der Waals surface area contributed by atoms with E-state index in [4.69, 9.17) is 0 Å². The molecule has 0 aliphatic rings. The van der Waals surface area contributed by atoms with Crippen LogP contribution in [0.4, 0.5) is 22.7 Å². The summed E-state index contributed by atoms with van der Waals surface area (Å²) in [4.78, 5) is 12.1. The third kappa shape index (κ3) is 4.44. The van der Waals surface area contributed by atoms with Gasteiger partial charge in [-0.1, -0.05) is 12.2 Å². The molecule has 0 amide bonds. The number of phenolic OH excluding ortho intramolecular Hbond substituents is 2. The lowest BCUT2D eigenvalue weighted by molar-refractivity contribution is -0.384. The Morgan fingerprint density at radius 3 is 2.23 bits per heavy atom. The van der Waals surface area contributed by atoms with E-state index < -0.39 is 4.92 Å². The Balaban J connectivity index is 2.29. The lowest BCUT2D eigenvalue weighted by Crippen LogP contribution is -2.22. The summed E-state index contributed by atoms with van der Waals surface area (Å²) >= 11 is 0. The van der Waals surface area contributed by atoms with Gasteiger partial charge in [-0.25, -0.2) is 0 Å². The minimum absolute atomic E-state index is 0.0670. The number of azo groups is 1. The summed E-state index contributed by atoms with van der Waals surface area (Å²) in [6.07, 6.45) is 3.47. The Hall–Kier alpha value is -3.68. The third-order valence-electron chi connectivity index (χ3n) is 3.46. The molecule has 0 saturated carbocycles. The summed E-state index contributed by atoms with van der Waals surface area (Å²) in [5.74, 6) is -0.368. The number of hydrogen-bond acceptors (Lipinski definition) is 7. The van der Waals surface area contributed by atoms with E-state index in [-0.39, 0.29) is 28.6 Å². The molecular weight excluding hydrogens is 336 g/mol. The van der Waals surface area contributed by atoms with Crippen LogP contribution in [-0.2, 0) is 0 Å². The highest BCUT2D eigenvalue weighted by Gasteiger charge is 2.11. The number of anilines is 1. The van der Waals surface area contributed by atoms with Crippen molar-refractivity contribution in [3.63, 3.8) is 0 Å². The van der Waals surface area contributed by atoms with Crippen LogP contribution in [0.5, 0.6) is 11.5 Å². The first kappa shape index (κ1) is 18.7. The molecule has 2 aromatic rings. The molecule has 134 valence electrons. The molecule has 0 aliphatic heterocycles. The fraction of sp³-hybridized carbons (Fsp3) is 0.111. The maximum absolute atomic E-state index is 10.8. The minimum atomic E-state index is -0.599. The molecule has 0 saturated heterocycles. The van der Waals surface area contributed by atoms with Crippen LogP contribution in [0.25, 0.3) is 0 Å². The van der Waals surface area contributed by atoms with Crippen LogP contribution >= 0.6 is 0 Å². The summed E-state index contributed by atoms with van der Waals surface area (Å²) < 4.78 is 0. The molecule has 2 rings (SSSR count). The molecule has 8 nitrogen and oxygen atoms in total. The maximum atomic E-state index is 10.8. The van der Waals surface area contributed by atoms with Gasteiger partial charge in [-0.3, -0.25) is 10.1 Å². The molecule has 8 heteroatoms. The van der Waals surface area contributed by atoms with E-state index in [1.54, 1.807) is 24.3 Å². The molecule has 0 heterocycles. The first-order valence-corrected chi connectivity index (χ1v) is 7.65. The Kier molecular flexibility index (Phi) is 6.05. The van der Waals surface area contributed by atoms with Gasteiger partial charge in [-0.15, -0.1) is 23.4 Å². The van der Waals surface area contributed by atoms with Gasteiger partial charge in [0, 0.05) is 37.0 Å². The predicted octanol–water partition coefficient (Wildman–Crippen LogP) is 4.60. The molecule has 26 heavy (non-hydrogen) atoms. The van der Waals surface area contributed by atoms with Gasteiger partial charge in [0.1, 0.15) is 22.9 Å². The Morgan fingerprint density at radius 1 is 1.00 bits per heavy atom. The molecule has 0 bridgehead atoms. The lowest BCUT2D eigenvalue weighted by Gasteiger charge is -2.21. The number of rotatable bonds is 8. The number of aromatic hydroxyl groups is 2. The van der Waals surface area contributed by atoms with Gasteiger partial charge in [0.15, 0.2) is 0 Å². The average molecular weight is 354 g/mol. The summed E-state index contributed by atoms with van der Waals surface area (Å²) in [6.45, 7) is 8.55. The van der Waals surface area contributed by atoms with Crippen molar-refractivity contribution >= 4 is 22.7 Å². The van der Waals surface area contributed by atoms with Gasteiger partial charge in [0.05, 0.1) is 4.92 Å². The Morgan fingerprint density at radius 2 is 1.65 bits per heavy atom. The number of nitro groups is 1. The zero-order valence-corrected chi connectivity index (χ0v) is 13.9. The molecular formula is C18H18N4O4.